The molecule has 0 saturated carbocycles. The van der Waals surface area contributed by atoms with Crippen LogP contribution in [0.2, 0.25) is 0 Å². The molecule has 0 unspecified atom stereocenters. The number of rotatable bonds is 1. The summed E-state index contributed by atoms with van der Waals surface area (Å²) >= 11 is 0. The molecule has 3 heteroatoms. The molecule has 2 rings (SSSR count). The van der Waals surface area contributed by atoms with Gasteiger partial charge in [0.2, 0.25) is 0 Å². The zero-order valence-corrected chi connectivity index (χ0v) is 9.48. The van der Waals surface area contributed by atoms with Crippen molar-refractivity contribution >= 4 is 11.7 Å². The quantitative estimate of drug-likeness (QED) is 0.771. The van der Waals surface area contributed by atoms with Gasteiger partial charge in [0.15, 0.2) is 0 Å². The number of anilines is 1. The summed E-state index contributed by atoms with van der Waals surface area (Å²) in [6, 6.07) is 9.66. The van der Waals surface area contributed by atoms with E-state index >= 15 is 0 Å². The molecule has 0 atom stereocenters. The molecule has 1 aromatic rings. The van der Waals surface area contributed by atoms with Crippen LogP contribution in [0, 0.1) is 0 Å². The van der Waals surface area contributed by atoms with Crippen molar-refractivity contribution < 1.29 is 4.79 Å². The van der Waals surface area contributed by atoms with E-state index in [0.717, 1.165) is 31.6 Å². The van der Waals surface area contributed by atoms with Gasteiger partial charge in [0.25, 0.3) is 0 Å². The van der Waals surface area contributed by atoms with Crippen LogP contribution in [0.4, 0.5) is 10.5 Å². The van der Waals surface area contributed by atoms with E-state index < -0.39 is 0 Å². The van der Waals surface area contributed by atoms with Crippen LogP contribution in [-0.4, -0.2) is 24.0 Å². The average molecular weight is 218 g/mol. The third-order valence-corrected chi connectivity index (χ3v) is 2.92. The van der Waals surface area contributed by atoms with Gasteiger partial charge >= 0.3 is 6.03 Å². The molecular formula is C13H18N2O. The maximum Gasteiger partial charge on any atom is 0.321 e. The van der Waals surface area contributed by atoms with E-state index in [2.05, 4.69) is 5.32 Å². The minimum atomic E-state index is 0.0353. The zero-order valence-electron chi connectivity index (χ0n) is 9.48. The van der Waals surface area contributed by atoms with Gasteiger partial charge in [-0.15, -0.1) is 0 Å². The molecule has 0 spiro atoms. The number of para-hydroxylation sites is 1. The predicted octanol–water partition coefficient (Wildman–Crippen LogP) is 3.09. The largest absolute Gasteiger partial charge is 0.325 e. The second-order valence-corrected chi connectivity index (χ2v) is 4.20. The highest BCUT2D eigenvalue weighted by molar-refractivity contribution is 5.89. The van der Waals surface area contributed by atoms with E-state index in [-0.39, 0.29) is 6.03 Å². The molecule has 0 radical (unpaired) electrons. The highest BCUT2D eigenvalue weighted by Gasteiger charge is 2.14. The highest BCUT2D eigenvalue weighted by atomic mass is 16.2. The summed E-state index contributed by atoms with van der Waals surface area (Å²) in [7, 11) is 0. The third-order valence-electron chi connectivity index (χ3n) is 2.92. The van der Waals surface area contributed by atoms with Crippen LogP contribution in [-0.2, 0) is 0 Å². The number of benzene rings is 1. The van der Waals surface area contributed by atoms with Crippen LogP contribution in [0.1, 0.15) is 25.7 Å². The van der Waals surface area contributed by atoms with Crippen molar-refractivity contribution in [2.75, 3.05) is 18.4 Å². The van der Waals surface area contributed by atoms with E-state index in [1.807, 2.05) is 35.2 Å². The average Bonchev–Trinajstić information content (AvgIpc) is 2.59. The number of nitrogens with zero attached hydrogens (tertiary/aromatic N) is 1. The van der Waals surface area contributed by atoms with E-state index in [4.69, 9.17) is 0 Å². The summed E-state index contributed by atoms with van der Waals surface area (Å²) < 4.78 is 0. The molecular weight excluding hydrogens is 200 g/mol. The molecule has 2 amide bonds. The van der Waals surface area contributed by atoms with Crippen molar-refractivity contribution in [2.24, 2.45) is 0 Å². The minimum absolute atomic E-state index is 0.0353. The van der Waals surface area contributed by atoms with Crippen LogP contribution in [0.3, 0.4) is 0 Å². The normalized spacial score (nSPS) is 16.6. The maximum absolute atomic E-state index is 11.9. The number of urea groups is 1. The lowest BCUT2D eigenvalue weighted by Crippen LogP contribution is -2.35. The molecule has 1 aliphatic heterocycles. The monoisotopic (exact) mass is 218 g/mol. The van der Waals surface area contributed by atoms with Gasteiger partial charge in [-0.1, -0.05) is 31.0 Å². The molecule has 0 aromatic heterocycles. The first kappa shape index (κ1) is 11.0. The third kappa shape index (κ3) is 2.99. The summed E-state index contributed by atoms with van der Waals surface area (Å²) in [5, 5.41) is 2.93. The highest BCUT2D eigenvalue weighted by Crippen LogP contribution is 2.12. The number of carbonyl (C=O) groups excluding carboxylic acids is 1. The topological polar surface area (TPSA) is 32.3 Å². The molecule has 1 fully saturated rings. The SMILES string of the molecule is O=C(Nc1ccccc1)N1CCCCCC1. The summed E-state index contributed by atoms with van der Waals surface area (Å²) in [6.45, 7) is 1.78. The van der Waals surface area contributed by atoms with Gasteiger partial charge in [0.1, 0.15) is 0 Å². The van der Waals surface area contributed by atoms with Crippen LogP contribution >= 0.6 is 0 Å². The first-order chi connectivity index (χ1) is 7.86. The molecule has 16 heavy (non-hydrogen) atoms. The second kappa shape index (κ2) is 5.54. The predicted molar refractivity (Wildman–Crippen MR) is 65.5 cm³/mol. The van der Waals surface area contributed by atoms with E-state index in [1.54, 1.807) is 0 Å². The fourth-order valence-electron chi connectivity index (χ4n) is 2.00. The Bertz CT molecular complexity index is 329. The fraction of sp³-hybridized carbons (Fsp3) is 0.462. The Kier molecular flexibility index (Phi) is 3.81. The molecule has 1 aliphatic rings. The van der Waals surface area contributed by atoms with Crippen LogP contribution in [0.15, 0.2) is 30.3 Å². The van der Waals surface area contributed by atoms with Gasteiger partial charge in [-0.05, 0) is 25.0 Å². The lowest BCUT2D eigenvalue weighted by atomic mass is 10.2. The maximum atomic E-state index is 11.9. The van der Waals surface area contributed by atoms with E-state index in [1.165, 1.54) is 12.8 Å². The number of hydrogen-bond acceptors (Lipinski definition) is 1. The zero-order chi connectivity index (χ0) is 11.2. The molecule has 0 aliphatic carbocycles. The Hall–Kier alpha value is -1.51. The van der Waals surface area contributed by atoms with Gasteiger partial charge in [-0.25, -0.2) is 4.79 Å². The second-order valence-electron chi connectivity index (χ2n) is 4.20. The van der Waals surface area contributed by atoms with Gasteiger partial charge < -0.3 is 10.2 Å². The Balaban J connectivity index is 1.92. The number of carbonyl (C=O) groups is 1. The smallest absolute Gasteiger partial charge is 0.321 e. The van der Waals surface area contributed by atoms with Crippen molar-refractivity contribution in [3.05, 3.63) is 30.3 Å². The van der Waals surface area contributed by atoms with Gasteiger partial charge in [0.05, 0.1) is 0 Å². The fourth-order valence-corrected chi connectivity index (χ4v) is 2.00. The van der Waals surface area contributed by atoms with Crippen molar-refractivity contribution in [3.8, 4) is 0 Å². The van der Waals surface area contributed by atoms with Crippen LogP contribution in [0.5, 0.6) is 0 Å². The van der Waals surface area contributed by atoms with Crippen molar-refractivity contribution in [1.29, 1.82) is 0 Å². The summed E-state index contributed by atoms with van der Waals surface area (Å²) in [6.07, 6.45) is 4.74. The lowest BCUT2D eigenvalue weighted by Gasteiger charge is -2.20. The van der Waals surface area contributed by atoms with Crippen LogP contribution in [0.25, 0.3) is 0 Å². The Morgan fingerprint density at radius 3 is 2.25 bits per heavy atom. The molecule has 86 valence electrons. The molecule has 1 heterocycles. The van der Waals surface area contributed by atoms with Gasteiger partial charge in [0, 0.05) is 18.8 Å². The van der Waals surface area contributed by atoms with Gasteiger partial charge in [-0.3, -0.25) is 0 Å². The molecule has 1 saturated heterocycles. The number of likely N-dealkylation sites (tertiary alicyclic amines) is 1. The van der Waals surface area contributed by atoms with Gasteiger partial charge in [-0.2, -0.15) is 0 Å². The van der Waals surface area contributed by atoms with E-state index in [9.17, 15) is 4.79 Å². The number of amides is 2. The molecule has 3 nitrogen and oxygen atoms in total. The first-order valence-electron chi connectivity index (χ1n) is 5.97. The molecule has 1 aromatic carbocycles. The Morgan fingerprint density at radius 2 is 1.62 bits per heavy atom. The van der Waals surface area contributed by atoms with E-state index in [0.29, 0.717) is 0 Å². The number of hydrogen-bond donors (Lipinski definition) is 1. The summed E-state index contributed by atoms with van der Waals surface area (Å²) in [5.74, 6) is 0. The lowest BCUT2D eigenvalue weighted by molar-refractivity contribution is 0.214. The first-order valence-corrected chi connectivity index (χ1v) is 5.97. The number of nitrogens with one attached hydrogen (secondary N) is 1. The minimum Gasteiger partial charge on any atom is -0.325 e. The van der Waals surface area contributed by atoms with Crippen molar-refractivity contribution in [3.63, 3.8) is 0 Å². The molecule has 0 bridgehead atoms. The Morgan fingerprint density at radius 1 is 1.00 bits per heavy atom. The molecule has 1 N–H and O–H groups in total. The summed E-state index contributed by atoms with van der Waals surface area (Å²) in [5.41, 5.74) is 0.872. The van der Waals surface area contributed by atoms with Crippen LogP contribution < -0.4 is 5.32 Å². The standard InChI is InChI=1S/C13H18N2O/c16-13(14-12-8-4-3-5-9-12)15-10-6-1-2-7-11-15/h3-5,8-9H,1-2,6-7,10-11H2,(H,14,16). The summed E-state index contributed by atoms with van der Waals surface area (Å²) in [4.78, 5) is 13.9. The Labute approximate surface area is 96.5 Å². The van der Waals surface area contributed by atoms with Crippen molar-refractivity contribution in [2.45, 2.75) is 25.7 Å². The van der Waals surface area contributed by atoms with Crippen molar-refractivity contribution in [1.82, 2.24) is 4.90 Å².